The van der Waals surface area contributed by atoms with Gasteiger partial charge in [0.1, 0.15) is 0 Å². The number of para-hydroxylation sites is 2. The molecule has 29 heavy (non-hydrogen) atoms. The maximum Gasteiger partial charge on any atom is 0.0619 e. The maximum atomic E-state index is 2.44. The van der Waals surface area contributed by atoms with E-state index in [1.807, 2.05) is 0 Å². The van der Waals surface area contributed by atoms with E-state index < -0.39 is 0 Å². The van der Waals surface area contributed by atoms with Crippen LogP contribution >= 0.6 is 0 Å². The number of nitrogens with zero attached hydrogens (tertiary/aromatic N) is 1. The molecule has 1 nitrogen and oxygen atoms in total. The van der Waals surface area contributed by atoms with E-state index in [0.717, 1.165) is 0 Å². The van der Waals surface area contributed by atoms with E-state index in [-0.39, 0.29) is 0 Å². The maximum absolute atomic E-state index is 2.44. The summed E-state index contributed by atoms with van der Waals surface area (Å²) in [5, 5.41) is 5.13. The van der Waals surface area contributed by atoms with E-state index >= 15 is 0 Å². The third kappa shape index (κ3) is 2.41. The normalized spacial score (nSPS) is 11.4. The molecule has 6 aromatic rings. The summed E-state index contributed by atoms with van der Waals surface area (Å²) in [6.45, 7) is 0. The van der Waals surface area contributed by atoms with Crippen LogP contribution in [-0.2, 0) is 0 Å². The zero-order valence-electron chi connectivity index (χ0n) is 15.9. The minimum Gasteiger partial charge on any atom is -0.308 e. The molecule has 1 aromatic heterocycles. The van der Waals surface area contributed by atoms with Gasteiger partial charge in [0.2, 0.25) is 0 Å². The van der Waals surface area contributed by atoms with Crippen LogP contribution in [0.3, 0.4) is 0 Å². The van der Waals surface area contributed by atoms with Crippen LogP contribution in [0, 0.1) is 0 Å². The van der Waals surface area contributed by atoms with Crippen LogP contribution < -0.4 is 0 Å². The molecule has 0 spiro atoms. The monoisotopic (exact) mass is 369 g/mol. The van der Waals surface area contributed by atoms with Crippen molar-refractivity contribution in [2.45, 2.75) is 0 Å². The molecule has 0 aliphatic carbocycles. The third-order valence-corrected chi connectivity index (χ3v) is 5.79. The Kier molecular flexibility index (Phi) is 3.54. The standard InChI is InChI=1S/C28H19N/c1-2-10-20(11-3-1)22-13-6-8-16-26(22)29-27-17-9-7-15-24(27)25-19-18-21-12-4-5-14-23(21)28(25)29/h1-19H. The molecule has 0 fully saturated rings. The molecule has 136 valence electrons. The van der Waals surface area contributed by atoms with Gasteiger partial charge in [0, 0.05) is 21.7 Å². The number of hydrogen-bond acceptors (Lipinski definition) is 0. The van der Waals surface area contributed by atoms with Gasteiger partial charge in [-0.3, -0.25) is 0 Å². The summed E-state index contributed by atoms with van der Waals surface area (Å²) in [5.41, 5.74) is 6.19. The number of hydrogen-bond donors (Lipinski definition) is 0. The molecule has 0 bridgehead atoms. The lowest BCUT2D eigenvalue weighted by Gasteiger charge is -2.15. The van der Waals surface area contributed by atoms with Crippen molar-refractivity contribution in [2.24, 2.45) is 0 Å². The summed E-state index contributed by atoms with van der Waals surface area (Å²) in [5.74, 6) is 0. The van der Waals surface area contributed by atoms with E-state index in [2.05, 4.69) is 120 Å². The van der Waals surface area contributed by atoms with Crippen LogP contribution in [0.1, 0.15) is 0 Å². The molecule has 0 aliphatic rings. The predicted molar refractivity (Wildman–Crippen MR) is 124 cm³/mol. The predicted octanol–water partition coefficient (Wildman–Crippen LogP) is 7.60. The van der Waals surface area contributed by atoms with E-state index in [0.29, 0.717) is 0 Å². The summed E-state index contributed by atoms with van der Waals surface area (Å²) in [6.07, 6.45) is 0. The quantitative estimate of drug-likeness (QED) is 0.296. The number of rotatable bonds is 2. The van der Waals surface area contributed by atoms with Crippen molar-refractivity contribution in [3.63, 3.8) is 0 Å². The fourth-order valence-corrected chi connectivity index (χ4v) is 4.51. The molecule has 0 amide bonds. The SMILES string of the molecule is c1ccc(-c2ccccc2-n2c3ccccc3c3ccc4ccccc4c32)cc1. The summed E-state index contributed by atoms with van der Waals surface area (Å²) in [6, 6.07) is 41.2. The second kappa shape index (κ2) is 6.35. The summed E-state index contributed by atoms with van der Waals surface area (Å²) in [7, 11) is 0. The first kappa shape index (κ1) is 16.1. The van der Waals surface area contributed by atoms with Crippen molar-refractivity contribution in [3.8, 4) is 16.8 Å². The van der Waals surface area contributed by atoms with Gasteiger partial charge in [-0.1, -0.05) is 103 Å². The van der Waals surface area contributed by atoms with Crippen LogP contribution in [0.2, 0.25) is 0 Å². The molecular formula is C28H19N. The molecule has 0 saturated heterocycles. The highest BCUT2D eigenvalue weighted by molar-refractivity contribution is 6.18. The zero-order chi connectivity index (χ0) is 19.2. The largest absolute Gasteiger partial charge is 0.308 e. The molecule has 0 aliphatic heterocycles. The van der Waals surface area contributed by atoms with Crippen LogP contribution in [0.25, 0.3) is 49.4 Å². The van der Waals surface area contributed by atoms with Gasteiger partial charge < -0.3 is 4.57 Å². The average molecular weight is 369 g/mol. The van der Waals surface area contributed by atoms with Crippen molar-refractivity contribution < 1.29 is 0 Å². The lowest BCUT2D eigenvalue weighted by Crippen LogP contribution is -1.97. The zero-order valence-corrected chi connectivity index (χ0v) is 15.9. The Morgan fingerprint density at radius 2 is 1.14 bits per heavy atom. The highest BCUT2D eigenvalue weighted by atomic mass is 15.0. The van der Waals surface area contributed by atoms with Crippen molar-refractivity contribution in [3.05, 3.63) is 115 Å². The third-order valence-electron chi connectivity index (χ3n) is 5.79. The van der Waals surface area contributed by atoms with E-state index in [1.165, 1.54) is 49.4 Å². The highest BCUT2D eigenvalue weighted by Crippen LogP contribution is 2.38. The van der Waals surface area contributed by atoms with Gasteiger partial charge in [0.05, 0.1) is 16.7 Å². The van der Waals surface area contributed by atoms with E-state index in [1.54, 1.807) is 0 Å². The second-order valence-electron chi connectivity index (χ2n) is 7.42. The Labute approximate surface area is 169 Å². The minimum atomic E-state index is 1.21. The fraction of sp³-hybridized carbons (Fsp3) is 0. The van der Waals surface area contributed by atoms with Crippen molar-refractivity contribution in [1.82, 2.24) is 4.57 Å². The van der Waals surface area contributed by atoms with Crippen LogP contribution in [0.4, 0.5) is 0 Å². The molecule has 5 aromatic carbocycles. The van der Waals surface area contributed by atoms with Gasteiger partial charge in [0.25, 0.3) is 0 Å². The van der Waals surface area contributed by atoms with Crippen molar-refractivity contribution in [1.29, 1.82) is 0 Å². The van der Waals surface area contributed by atoms with Gasteiger partial charge in [-0.15, -0.1) is 0 Å². The van der Waals surface area contributed by atoms with E-state index in [4.69, 9.17) is 0 Å². The molecule has 0 unspecified atom stereocenters. The summed E-state index contributed by atoms with van der Waals surface area (Å²) < 4.78 is 2.44. The highest BCUT2D eigenvalue weighted by Gasteiger charge is 2.16. The summed E-state index contributed by atoms with van der Waals surface area (Å²) >= 11 is 0. The number of benzene rings is 5. The molecular weight excluding hydrogens is 350 g/mol. The Hall–Kier alpha value is -3.84. The molecule has 0 radical (unpaired) electrons. The first-order chi connectivity index (χ1) is 14.4. The van der Waals surface area contributed by atoms with Crippen molar-refractivity contribution >= 4 is 32.6 Å². The molecule has 0 saturated carbocycles. The van der Waals surface area contributed by atoms with Crippen LogP contribution in [0.5, 0.6) is 0 Å². The van der Waals surface area contributed by atoms with Crippen LogP contribution in [0.15, 0.2) is 115 Å². The lowest BCUT2D eigenvalue weighted by atomic mass is 10.0. The number of aromatic nitrogens is 1. The Morgan fingerprint density at radius 1 is 0.448 bits per heavy atom. The second-order valence-corrected chi connectivity index (χ2v) is 7.42. The summed E-state index contributed by atoms with van der Waals surface area (Å²) in [4.78, 5) is 0. The van der Waals surface area contributed by atoms with Gasteiger partial charge in [0.15, 0.2) is 0 Å². The van der Waals surface area contributed by atoms with Gasteiger partial charge in [-0.05, 0) is 23.1 Å². The van der Waals surface area contributed by atoms with Crippen molar-refractivity contribution in [2.75, 3.05) is 0 Å². The first-order valence-corrected chi connectivity index (χ1v) is 9.97. The Bertz CT molecular complexity index is 1490. The lowest BCUT2D eigenvalue weighted by molar-refractivity contribution is 1.19. The molecule has 6 rings (SSSR count). The molecule has 0 atom stereocenters. The van der Waals surface area contributed by atoms with E-state index in [9.17, 15) is 0 Å². The molecule has 1 heterocycles. The molecule has 1 heteroatoms. The number of fused-ring (bicyclic) bond motifs is 5. The Morgan fingerprint density at radius 3 is 2.03 bits per heavy atom. The van der Waals surface area contributed by atoms with Gasteiger partial charge in [-0.25, -0.2) is 0 Å². The minimum absolute atomic E-state index is 1.21. The molecule has 0 N–H and O–H groups in total. The van der Waals surface area contributed by atoms with Gasteiger partial charge in [-0.2, -0.15) is 0 Å². The first-order valence-electron chi connectivity index (χ1n) is 9.97. The Balaban J connectivity index is 1.83. The fourth-order valence-electron chi connectivity index (χ4n) is 4.51. The topological polar surface area (TPSA) is 4.93 Å². The smallest absolute Gasteiger partial charge is 0.0619 e. The average Bonchev–Trinajstić information content (AvgIpc) is 3.14. The van der Waals surface area contributed by atoms with Gasteiger partial charge >= 0.3 is 0 Å². The van der Waals surface area contributed by atoms with Crippen LogP contribution in [-0.4, -0.2) is 4.57 Å².